The molecule has 0 aliphatic carbocycles. The Morgan fingerprint density at radius 2 is 1.92 bits per heavy atom. The number of rotatable bonds is 6. The lowest BCUT2D eigenvalue weighted by Gasteiger charge is -2.26. The Hall–Kier alpha value is -1.43. The topological polar surface area (TPSA) is 64.0 Å². The first-order chi connectivity index (χ1) is 11.1. The number of hydrogen-bond acceptors (Lipinski definition) is 4. The van der Waals surface area contributed by atoms with Gasteiger partial charge in [0, 0.05) is 18.7 Å². The van der Waals surface area contributed by atoms with Gasteiger partial charge in [-0.15, -0.1) is 0 Å². The minimum Gasteiger partial charge on any atom is -0.390 e. The Morgan fingerprint density at radius 3 is 2.46 bits per heavy atom. The normalized spacial score (nSPS) is 21.5. The molecule has 5 heteroatoms. The number of aryl methyl sites for hydroxylation is 1. The first-order valence-corrected chi connectivity index (χ1v) is 8.56. The van der Waals surface area contributed by atoms with Crippen molar-refractivity contribution < 1.29 is 15.0 Å². The van der Waals surface area contributed by atoms with E-state index < -0.39 is 11.2 Å². The highest BCUT2D eigenvalue weighted by Gasteiger charge is 2.38. The number of benzene rings is 1. The SMILES string of the molecule is CN(C)CC1(O)CCN(C(=O)c2ccc(CCC(C)(C)O)cc2)C1. The van der Waals surface area contributed by atoms with E-state index in [-0.39, 0.29) is 5.91 Å². The van der Waals surface area contributed by atoms with Crippen molar-refractivity contribution in [1.82, 2.24) is 9.80 Å². The van der Waals surface area contributed by atoms with Crippen molar-refractivity contribution in [2.24, 2.45) is 0 Å². The lowest BCUT2D eigenvalue weighted by molar-refractivity contribution is 0.0236. The van der Waals surface area contributed by atoms with Crippen LogP contribution >= 0.6 is 0 Å². The van der Waals surface area contributed by atoms with Crippen molar-refractivity contribution in [3.8, 4) is 0 Å². The van der Waals surface area contributed by atoms with Crippen molar-refractivity contribution in [2.45, 2.75) is 44.3 Å². The van der Waals surface area contributed by atoms with Crippen molar-refractivity contribution >= 4 is 5.91 Å². The predicted molar refractivity (Wildman–Crippen MR) is 95.1 cm³/mol. The lowest BCUT2D eigenvalue weighted by atomic mass is 9.98. The molecule has 24 heavy (non-hydrogen) atoms. The summed E-state index contributed by atoms with van der Waals surface area (Å²) in [5, 5.41) is 20.3. The zero-order valence-corrected chi connectivity index (χ0v) is 15.2. The number of hydrogen-bond donors (Lipinski definition) is 2. The second kappa shape index (κ2) is 7.21. The second-order valence-corrected chi connectivity index (χ2v) is 7.95. The van der Waals surface area contributed by atoms with Gasteiger partial charge in [0.05, 0.1) is 17.7 Å². The molecular weight excluding hydrogens is 304 g/mol. The first kappa shape index (κ1) is 18.9. The van der Waals surface area contributed by atoms with Crippen molar-refractivity contribution in [3.05, 3.63) is 35.4 Å². The van der Waals surface area contributed by atoms with Crippen LogP contribution in [-0.4, -0.2) is 70.9 Å². The summed E-state index contributed by atoms with van der Waals surface area (Å²) < 4.78 is 0. The summed E-state index contributed by atoms with van der Waals surface area (Å²) >= 11 is 0. The summed E-state index contributed by atoms with van der Waals surface area (Å²) in [4.78, 5) is 16.3. The maximum absolute atomic E-state index is 12.6. The van der Waals surface area contributed by atoms with Gasteiger partial charge in [-0.1, -0.05) is 12.1 Å². The smallest absolute Gasteiger partial charge is 0.253 e. The largest absolute Gasteiger partial charge is 0.390 e. The third kappa shape index (κ3) is 5.30. The number of β-amino-alcohol motifs (C(OH)–C–C–N with tert-alkyl or cyclic N) is 1. The van der Waals surface area contributed by atoms with E-state index in [9.17, 15) is 15.0 Å². The maximum atomic E-state index is 12.6. The van der Waals surface area contributed by atoms with Crippen LogP contribution in [0.2, 0.25) is 0 Å². The van der Waals surface area contributed by atoms with Gasteiger partial charge in [-0.25, -0.2) is 0 Å². The Morgan fingerprint density at radius 1 is 1.29 bits per heavy atom. The zero-order chi connectivity index (χ0) is 18.0. The van der Waals surface area contributed by atoms with Gasteiger partial charge in [-0.3, -0.25) is 4.79 Å². The Bertz CT molecular complexity index is 563. The van der Waals surface area contributed by atoms with Crippen LogP contribution in [0.4, 0.5) is 0 Å². The molecule has 0 radical (unpaired) electrons. The fourth-order valence-electron chi connectivity index (χ4n) is 3.19. The van der Waals surface area contributed by atoms with Crippen LogP contribution in [0.25, 0.3) is 0 Å². The van der Waals surface area contributed by atoms with E-state index in [0.717, 1.165) is 12.0 Å². The highest BCUT2D eigenvalue weighted by Crippen LogP contribution is 2.24. The van der Waals surface area contributed by atoms with Crippen LogP contribution in [0.3, 0.4) is 0 Å². The molecule has 0 saturated carbocycles. The summed E-state index contributed by atoms with van der Waals surface area (Å²) in [6.07, 6.45) is 2.08. The van der Waals surface area contributed by atoms with Crippen LogP contribution in [-0.2, 0) is 6.42 Å². The van der Waals surface area contributed by atoms with Gasteiger partial charge in [0.1, 0.15) is 0 Å². The Balaban J connectivity index is 1.96. The van der Waals surface area contributed by atoms with Crippen molar-refractivity contribution in [1.29, 1.82) is 0 Å². The van der Waals surface area contributed by atoms with E-state index in [1.54, 1.807) is 18.7 Å². The molecular formula is C19H30N2O3. The molecule has 2 rings (SSSR count). The molecule has 1 aliphatic rings. The minimum absolute atomic E-state index is 0.0290. The van der Waals surface area contributed by atoms with Crippen LogP contribution in [0.15, 0.2) is 24.3 Å². The first-order valence-electron chi connectivity index (χ1n) is 8.56. The van der Waals surface area contributed by atoms with Gasteiger partial charge in [0.15, 0.2) is 0 Å². The standard InChI is InChI=1S/C19H30N2O3/c1-18(2,23)10-9-15-5-7-16(8-6-15)17(22)21-12-11-19(24,14-21)13-20(3)4/h5-8,23-24H,9-14H2,1-4H3. The van der Waals surface area contributed by atoms with Gasteiger partial charge < -0.3 is 20.0 Å². The molecule has 1 amide bonds. The summed E-state index contributed by atoms with van der Waals surface area (Å²) in [6.45, 7) is 5.13. The molecule has 1 aliphatic heterocycles. The van der Waals surface area contributed by atoms with Crippen LogP contribution < -0.4 is 0 Å². The lowest BCUT2D eigenvalue weighted by Crippen LogP contribution is -2.43. The molecule has 0 aromatic heterocycles. The third-order valence-electron chi connectivity index (χ3n) is 4.46. The molecule has 1 saturated heterocycles. The van der Waals surface area contributed by atoms with E-state index in [0.29, 0.717) is 38.0 Å². The molecule has 1 fully saturated rings. The zero-order valence-electron chi connectivity index (χ0n) is 15.2. The third-order valence-corrected chi connectivity index (χ3v) is 4.46. The molecule has 1 unspecified atom stereocenters. The van der Waals surface area contributed by atoms with Crippen LogP contribution in [0, 0.1) is 0 Å². The fourth-order valence-corrected chi connectivity index (χ4v) is 3.19. The predicted octanol–water partition coefficient (Wildman–Crippen LogP) is 1.53. The van der Waals surface area contributed by atoms with E-state index in [4.69, 9.17) is 0 Å². The Kier molecular flexibility index (Phi) is 5.68. The molecule has 0 bridgehead atoms. The van der Waals surface area contributed by atoms with Crippen LogP contribution in [0.1, 0.15) is 42.6 Å². The summed E-state index contributed by atoms with van der Waals surface area (Å²) in [6, 6.07) is 7.57. The van der Waals surface area contributed by atoms with E-state index in [2.05, 4.69) is 0 Å². The molecule has 1 atom stereocenters. The van der Waals surface area contributed by atoms with Gasteiger partial charge in [-0.05, 0) is 64.9 Å². The monoisotopic (exact) mass is 334 g/mol. The number of nitrogens with zero attached hydrogens (tertiary/aromatic N) is 2. The summed E-state index contributed by atoms with van der Waals surface area (Å²) in [5.74, 6) is -0.0290. The fraction of sp³-hybridized carbons (Fsp3) is 0.632. The average molecular weight is 334 g/mol. The molecule has 1 heterocycles. The number of likely N-dealkylation sites (N-methyl/N-ethyl adjacent to an activating group) is 1. The molecule has 2 N–H and O–H groups in total. The second-order valence-electron chi connectivity index (χ2n) is 7.95. The van der Waals surface area contributed by atoms with Crippen LogP contribution in [0.5, 0.6) is 0 Å². The quantitative estimate of drug-likeness (QED) is 0.828. The molecule has 5 nitrogen and oxygen atoms in total. The number of carbonyl (C=O) groups is 1. The maximum Gasteiger partial charge on any atom is 0.253 e. The number of amides is 1. The van der Waals surface area contributed by atoms with Gasteiger partial charge >= 0.3 is 0 Å². The van der Waals surface area contributed by atoms with Gasteiger partial charge in [0.2, 0.25) is 0 Å². The molecule has 134 valence electrons. The minimum atomic E-state index is -0.814. The number of carbonyl (C=O) groups excluding carboxylic acids is 1. The molecule has 1 aromatic carbocycles. The number of likely N-dealkylation sites (tertiary alicyclic amines) is 1. The Labute approximate surface area is 144 Å². The summed E-state index contributed by atoms with van der Waals surface area (Å²) in [7, 11) is 3.85. The van der Waals surface area contributed by atoms with Crippen molar-refractivity contribution in [3.63, 3.8) is 0 Å². The molecule has 1 aromatic rings. The molecule has 0 spiro atoms. The number of aliphatic hydroxyl groups is 2. The van der Waals surface area contributed by atoms with Gasteiger partial charge in [-0.2, -0.15) is 0 Å². The van der Waals surface area contributed by atoms with Crippen molar-refractivity contribution in [2.75, 3.05) is 33.7 Å². The van der Waals surface area contributed by atoms with E-state index >= 15 is 0 Å². The highest BCUT2D eigenvalue weighted by molar-refractivity contribution is 5.94. The van der Waals surface area contributed by atoms with Gasteiger partial charge in [0.25, 0.3) is 5.91 Å². The van der Waals surface area contributed by atoms with E-state index in [1.165, 1.54) is 0 Å². The van der Waals surface area contributed by atoms with E-state index in [1.807, 2.05) is 43.3 Å². The average Bonchev–Trinajstić information content (AvgIpc) is 2.85. The highest BCUT2D eigenvalue weighted by atomic mass is 16.3. The summed E-state index contributed by atoms with van der Waals surface area (Å²) in [5.41, 5.74) is 0.266.